The van der Waals surface area contributed by atoms with Crippen molar-refractivity contribution < 1.29 is 19.0 Å². The van der Waals surface area contributed by atoms with Gasteiger partial charge < -0.3 is 20.1 Å². The number of nitrogens with zero attached hydrogens (tertiary/aromatic N) is 2. The van der Waals surface area contributed by atoms with Crippen LogP contribution in [0.1, 0.15) is 59.2 Å². The molecule has 32 heavy (non-hydrogen) atoms. The van der Waals surface area contributed by atoms with E-state index in [1.807, 2.05) is 4.57 Å². The third kappa shape index (κ3) is 2.32. The van der Waals surface area contributed by atoms with E-state index in [9.17, 15) is 14.3 Å². The fraction of sp³-hybridized carbons (Fsp3) is 0.375. The molecular formula is C24H22FN3O3S. The summed E-state index contributed by atoms with van der Waals surface area (Å²) in [5.41, 5.74) is 11.5. The zero-order valence-corrected chi connectivity index (χ0v) is 18.6. The number of aliphatic hydroxyl groups is 1. The van der Waals surface area contributed by atoms with Gasteiger partial charge in [-0.2, -0.15) is 0 Å². The van der Waals surface area contributed by atoms with Crippen molar-refractivity contribution in [1.29, 1.82) is 0 Å². The summed E-state index contributed by atoms with van der Waals surface area (Å²) in [6.45, 7) is 4.06. The van der Waals surface area contributed by atoms with Gasteiger partial charge in [0.25, 0.3) is 0 Å². The van der Waals surface area contributed by atoms with Crippen LogP contribution in [0, 0.1) is 17.4 Å². The molecule has 4 heterocycles. The standard InChI is InChI=1S/C24H22FN3O3S/c1-3-24(30)14-6-18-21-12(8-28(18)22(32)13(14)9-31-23(24)29)19-16(26)5-4-11-10(2)15(25)7-17(27-21)20(11)19/h6-7,16,30H,3-5,8-9,26H2,1-2H3/t16-,24+/m1/s1. The number of aromatic nitrogens is 2. The highest BCUT2D eigenvalue weighted by Crippen LogP contribution is 2.46. The molecule has 1 aliphatic carbocycles. The quantitative estimate of drug-likeness (QED) is 0.338. The summed E-state index contributed by atoms with van der Waals surface area (Å²) in [7, 11) is 0. The van der Waals surface area contributed by atoms with Gasteiger partial charge in [0.15, 0.2) is 5.60 Å². The van der Waals surface area contributed by atoms with Gasteiger partial charge in [0.05, 0.1) is 23.4 Å². The van der Waals surface area contributed by atoms with Crippen molar-refractivity contribution in [3.05, 3.63) is 56.0 Å². The molecule has 2 aliphatic heterocycles. The Balaban J connectivity index is 1.70. The Labute approximate surface area is 188 Å². The lowest BCUT2D eigenvalue weighted by atomic mass is 9.82. The van der Waals surface area contributed by atoms with Crippen molar-refractivity contribution in [1.82, 2.24) is 9.55 Å². The second kappa shape index (κ2) is 6.43. The number of hydrogen-bond acceptors (Lipinski definition) is 6. The summed E-state index contributed by atoms with van der Waals surface area (Å²) >= 11 is 5.78. The molecule has 8 heteroatoms. The molecule has 1 aromatic carbocycles. The number of pyridine rings is 2. The van der Waals surface area contributed by atoms with Crippen molar-refractivity contribution >= 4 is 29.1 Å². The van der Waals surface area contributed by atoms with E-state index in [2.05, 4.69) is 0 Å². The van der Waals surface area contributed by atoms with Crippen LogP contribution in [0.3, 0.4) is 0 Å². The van der Waals surface area contributed by atoms with E-state index in [1.165, 1.54) is 6.07 Å². The van der Waals surface area contributed by atoms with Crippen molar-refractivity contribution in [2.45, 2.75) is 57.9 Å². The molecule has 2 aromatic heterocycles. The SMILES string of the molecule is CC[C@@]1(O)C(=O)OCc2c1cc1n(c2=S)Cc2c-1nc1cc(F)c(C)c3c1c2[C@H](N)CC3. The summed E-state index contributed by atoms with van der Waals surface area (Å²) in [6.07, 6.45) is 1.62. The topological polar surface area (TPSA) is 90.4 Å². The number of esters is 1. The lowest BCUT2D eigenvalue weighted by Crippen LogP contribution is -2.41. The fourth-order valence-electron chi connectivity index (χ4n) is 5.59. The maximum atomic E-state index is 14.7. The molecule has 3 aliphatic rings. The van der Waals surface area contributed by atoms with Gasteiger partial charge in [-0.3, -0.25) is 0 Å². The predicted octanol–water partition coefficient (Wildman–Crippen LogP) is 3.84. The van der Waals surface area contributed by atoms with Gasteiger partial charge in [0.2, 0.25) is 0 Å². The summed E-state index contributed by atoms with van der Waals surface area (Å²) in [4.78, 5) is 17.3. The van der Waals surface area contributed by atoms with Crippen molar-refractivity contribution in [3.63, 3.8) is 0 Å². The molecule has 164 valence electrons. The molecule has 0 spiro atoms. The lowest BCUT2D eigenvalue weighted by molar-refractivity contribution is -0.172. The van der Waals surface area contributed by atoms with Crippen LogP contribution < -0.4 is 5.73 Å². The van der Waals surface area contributed by atoms with Crippen LogP contribution in [0.15, 0.2) is 12.1 Å². The molecule has 6 nitrogen and oxygen atoms in total. The number of rotatable bonds is 1. The fourth-order valence-corrected chi connectivity index (χ4v) is 5.92. The molecule has 2 atom stereocenters. The second-order valence-corrected chi connectivity index (χ2v) is 9.34. The van der Waals surface area contributed by atoms with Gasteiger partial charge in [-0.1, -0.05) is 19.1 Å². The van der Waals surface area contributed by atoms with E-state index in [0.717, 1.165) is 34.9 Å². The van der Waals surface area contributed by atoms with Crippen LogP contribution in [0.2, 0.25) is 0 Å². The Kier molecular flexibility index (Phi) is 4.01. The first-order valence-electron chi connectivity index (χ1n) is 10.8. The zero-order valence-electron chi connectivity index (χ0n) is 17.8. The highest BCUT2D eigenvalue weighted by Gasteiger charge is 2.45. The number of aryl methyl sites for hydroxylation is 1. The minimum Gasteiger partial charge on any atom is -0.458 e. The maximum Gasteiger partial charge on any atom is 0.343 e. The summed E-state index contributed by atoms with van der Waals surface area (Å²) in [6, 6.07) is 3.10. The van der Waals surface area contributed by atoms with Gasteiger partial charge in [0.1, 0.15) is 17.1 Å². The molecule has 0 unspecified atom stereocenters. The Morgan fingerprint density at radius 3 is 2.91 bits per heavy atom. The van der Waals surface area contributed by atoms with Crippen LogP contribution in [0.4, 0.5) is 4.39 Å². The number of benzene rings is 1. The molecule has 3 aromatic rings. The lowest BCUT2D eigenvalue weighted by Gasteiger charge is -2.32. The Hall–Kier alpha value is -2.68. The molecule has 0 fully saturated rings. The number of halogens is 1. The van der Waals surface area contributed by atoms with Crippen molar-refractivity contribution in [2.75, 3.05) is 0 Å². The predicted molar refractivity (Wildman–Crippen MR) is 119 cm³/mol. The smallest absolute Gasteiger partial charge is 0.343 e. The highest BCUT2D eigenvalue weighted by molar-refractivity contribution is 7.71. The van der Waals surface area contributed by atoms with Crippen molar-refractivity contribution in [3.8, 4) is 11.4 Å². The summed E-state index contributed by atoms with van der Waals surface area (Å²) in [5, 5.41) is 12.1. The van der Waals surface area contributed by atoms with Crippen LogP contribution in [-0.2, 0) is 34.7 Å². The first kappa shape index (κ1) is 20.0. The highest BCUT2D eigenvalue weighted by atomic mass is 32.1. The van der Waals surface area contributed by atoms with Crippen LogP contribution >= 0.6 is 12.2 Å². The number of carbonyl (C=O) groups is 1. The minimum absolute atomic E-state index is 0.0300. The molecule has 0 radical (unpaired) electrons. The molecule has 6 rings (SSSR count). The molecule has 3 N–H and O–H groups in total. The largest absolute Gasteiger partial charge is 0.458 e. The van der Waals surface area contributed by atoms with Gasteiger partial charge >= 0.3 is 5.97 Å². The normalized spacial score (nSPS) is 23.0. The molecule has 0 bridgehead atoms. The zero-order chi connectivity index (χ0) is 22.5. The summed E-state index contributed by atoms with van der Waals surface area (Å²) < 4.78 is 22.4. The Bertz CT molecular complexity index is 1450. The number of carbonyl (C=O) groups excluding carboxylic acids is 1. The van der Waals surface area contributed by atoms with Crippen LogP contribution in [0.25, 0.3) is 22.3 Å². The van der Waals surface area contributed by atoms with E-state index >= 15 is 0 Å². The van der Waals surface area contributed by atoms with Crippen LogP contribution in [-0.4, -0.2) is 20.6 Å². The third-order valence-electron chi connectivity index (χ3n) is 7.42. The van der Waals surface area contributed by atoms with Gasteiger partial charge in [-0.15, -0.1) is 0 Å². The van der Waals surface area contributed by atoms with E-state index < -0.39 is 11.6 Å². The first-order chi connectivity index (χ1) is 15.3. The number of ether oxygens (including phenoxy) is 1. The number of fused-ring (bicyclic) bond motifs is 5. The average Bonchev–Trinajstić information content (AvgIpc) is 3.14. The number of cyclic esters (lactones) is 1. The monoisotopic (exact) mass is 451 g/mol. The van der Waals surface area contributed by atoms with Gasteiger partial charge in [0, 0.05) is 34.2 Å². The van der Waals surface area contributed by atoms with Crippen molar-refractivity contribution in [2.24, 2.45) is 5.73 Å². The maximum absolute atomic E-state index is 14.7. The van der Waals surface area contributed by atoms with Gasteiger partial charge in [-0.05, 0) is 48.9 Å². The Morgan fingerprint density at radius 1 is 1.38 bits per heavy atom. The van der Waals surface area contributed by atoms with Gasteiger partial charge in [-0.25, -0.2) is 14.2 Å². The number of hydrogen-bond donors (Lipinski definition) is 2. The van der Waals surface area contributed by atoms with E-state index in [0.29, 0.717) is 44.8 Å². The molecule has 0 saturated heterocycles. The minimum atomic E-state index is -1.75. The summed E-state index contributed by atoms with van der Waals surface area (Å²) in [5.74, 6) is -0.944. The molecule has 0 saturated carbocycles. The van der Waals surface area contributed by atoms with Crippen LogP contribution in [0.5, 0.6) is 0 Å². The van der Waals surface area contributed by atoms with E-state index in [4.69, 9.17) is 27.7 Å². The van der Waals surface area contributed by atoms with E-state index in [-0.39, 0.29) is 24.9 Å². The molecular weight excluding hydrogens is 429 g/mol. The average molecular weight is 452 g/mol. The third-order valence-corrected chi connectivity index (χ3v) is 7.89. The van der Waals surface area contributed by atoms with E-state index in [1.54, 1.807) is 19.9 Å². The number of nitrogens with two attached hydrogens (primary N) is 1. The Morgan fingerprint density at radius 2 is 2.16 bits per heavy atom. The first-order valence-corrected chi connectivity index (χ1v) is 11.2. The molecule has 0 amide bonds. The second-order valence-electron chi connectivity index (χ2n) is 8.96.